The lowest BCUT2D eigenvalue weighted by Crippen LogP contribution is -2.34. The van der Waals surface area contributed by atoms with E-state index in [4.69, 9.17) is 11.1 Å². The second-order valence-corrected chi connectivity index (χ2v) is 11.1. The molecule has 0 atom stereocenters. The number of isocyanates is 1. The van der Waals surface area contributed by atoms with Gasteiger partial charge in [0.05, 0.1) is 6.54 Å². The van der Waals surface area contributed by atoms with Gasteiger partial charge in [0, 0.05) is 0 Å². The largest absolute Gasteiger partial charge is 0.234 e. The molecule has 0 saturated heterocycles. The molecule has 0 unspecified atom stereocenters. The van der Waals surface area contributed by atoms with Gasteiger partial charge in [-0.2, -0.15) is 11.1 Å². The van der Waals surface area contributed by atoms with Crippen molar-refractivity contribution in [2.45, 2.75) is 51.2 Å². The molecule has 0 saturated carbocycles. The van der Waals surface area contributed by atoms with E-state index in [0.29, 0.717) is 17.6 Å². The SMILES string of the molecule is CC(C)[Si](Cl)(CCCN=C=O)C(C)C. The quantitative estimate of drug-likeness (QED) is 0.226. The monoisotopic (exact) mass is 233 g/mol. The van der Waals surface area contributed by atoms with Gasteiger partial charge in [0.1, 0.15) is 0 Å². The topological polar surface area (TPSA) is 29.4 Å². The Morgan fingerprint density at radius 2 is 1.79 bits per heavy atom. The molecule has 0 aromatic heterocycles. The Morgan fingerprint density at radius 1 is 1.29 bits per heavy atom. The van der Waals surface area contributed by atoms with Crippen LogP contribution in [0.5, 0.6) is 0 Å². The van der Waals surface area contributed by atoms with Gasteiger partial charge in [-0.25, -0.2) is 9.79 Å². The van der Waals surface area contributed by atoms with E-state index in [1.54, 1.807) is 6.08 Å². The first-order chi connectivity index (χ1) is 6.45. The minimum atomic E-state index is -1.67. The van der Waals surface area contributed by atoms with Crippen LogP contribution in [-0.4, -0.2) is 20.0 Å². The molecule has 0 rings (SSSR count). The van der Waals surface area contributed by atoms with E-state index in [0.717, 1.165) is 12.5 Å². The molecular formula is C10H20ClNOSi. The van der Waals surface area contributed by atoms with Gasteiger partial charge < -0.3 is 0 Å². The molecular weight excluding hydrogens is 214 g/mol. The summed E-state index contributed by atoms with van der Waals surface area (Å²) in [6.45, 7) is 9.36. The van der Waals surface area contributed by atoms with E-state index in [-0.39, 0.29) is 0 Å². The fourth-order valence-electron chi connectivity index (χ4n) is 1.72. The second kappa shape index (κ2) is 6.39. The van der Waals surface area contributed by atoms with Crippen molar-refractivity contribution >= 4 is 24.5 Å². The summed E-state index contributed by atoms with van der Waals surface area (Å²) < 4.78 is 0. The summed E-state index contributed by atoms with van der Waals surface area (Å²) in [4.78, 5) is 13.4. The first-order valence-electron chi connectivity index (χ1n) is 5.17. The molecule has 0 amide bonds. The molecule has 14 heavy (non-hydrogen) atoms. The van der Waals surface area contributed by atoms with Crippen molar-refractivity contribution in [3.05, 3.63) is 0 Å². The number of halogens is 1. The zero-order valence-corrected chi connectivity index (χ0v) is 11.3. The van der Waals surface area contributed by atoms with Crippen LogP contribution >= 0.6 is 11.1 Å². The van der Waals surface area contributed by atoms with Gasteiger partial charge in [0.15, 0.2) is 7.38 Å². The van der Waals surface area contributed by atoms with Crippen LogP contribution in [0.4, 0.5) is 0 Å². The summed E-state index contributed by atoms with van der Waals surface area (Å²) in [5.41, 5.74) is 1.15. The molecule has 4 heteroatoms. The van der Waals surface area contributed by atoms with Crippen LogP contribution in [0.1, 0.15) is 34.1 Å². The predicted molar refractivity (Wildman–Crippen MR) is 64.2 cm³/mol. The van der Waals surface area contributed by atoms with Crippen LogP contribution in [0.3, 0.4) is 0 Å². The summed E-state index contributed by atoms with van der Waals surface area (Å²) in [5, 5.41) is 0. The van der Waals surface area contributed by atoms with Crippen molar-refractivity contribution in [3.8, 4) is 0 Å². The van der Waals surface area contributed by atoms with E-state index in [1.165, 1.54) is 0 Å². The molecule has 0 aliphatic carbocycles. The Hall–Kier alpha value is -0.113. The number of hydrogen-bond donors (Lipinski definition) is 0. The summed E-state index contributed by atoms with van der Waals surface area (Å²) in [5.74, 6) is 0. The third-order valence-electron chi connectivity index (χ3n) is 2.81. The van der Waals surface area contributed by atoms with Gasteiger partial charge in [-0.05, 0) is 23.5 Å². The van der Waals surface area contributed by atoms with Gasteiger partial charge in [-0.15, -0.1) is 0 Å². The van der Waals surface area contributed by atoms with Gasteiger partial charge in [-0.3, -0.25) is 0 Å². The minimum absolute atomic E-state index is 0.573. The zero-order valence-electron chi connectivity index (χ0n) is 9.51. The van der Waals surface area contributed by atoms with Crippen molar-refractivity contribution in [2.75, 3.05) is 6.54 Å². The van der Waals surface area contributed by atoms with Crippen LogP contribution < -0.4 is 0 Å². The van der Waals surface area contributed by atoms with Crippen molar-refractivity contribution in [1.82, 2.24) is 0 Å². The molecule has 0 aromatic carbocycles. The van der Waals surface area contributed by atoms with E-state index in [1.807, 2.05) is 0 Å². The van der Waals surface area contributed by atoms with Gasteiger partial charge >= 0.3 is 0 Å². The van der Waals surface area contributed by atoms with E-state index >= 15 is 0 Å². The summed E-state index contributed by atoms with van der Waals surface area (Å²) in [6.07, 6.45) is 2.48. The summed E-state index contributed by atoms with van der Waals surface area (Å²) >= 11 is 6.69. The van der Waals surface area contributed by atoms with Crippen molar-refractivity contribution in [1.29, 1.82) is 0 Å². The van der Waals surface area contributed by atoms with E-state index in [2.05, 4.69) is 32.7 Å². The summed E-state index contributed by atoms with van der Waals surface area (Å²) in [6, 6.07) is 1.04. The number of nitrogens with zero attached hydrogens (tertiary/aromatic N) is 1. The molecule has 0 spiro atoms. The molecule has 82 valence electrons. The first-order valence-corrected chi connectivity index (χ1v) is 8.55. The van der Waals surface area contributed by atoms with E-state index < -0.39 is 7.38 Å². The maximum absolute atomic E-state index is 9.88. The molecule has 0 bridgehead atoms. The number of aliphatic imine (C=N–C) groups is 1. The van der Waals surface area contributed by atoms with Gasteiger partial charge in [0.25, 0.3) is 0 Å². The van der Waals surface area contributed by atoms with Crippen molar-refractivity contribution in [2.24, 2.45) is 4.99 Å². The van der Waals surface area contributed by atoms with Crippen LogP contribution in [-0.2, 0) is 4.79 Å². The number of rotatable bonds is 6. The zero-order chi connectivity index (χ0) is 11.2. The fraction of sp³-hybridized carbons (Fsp3) is 0.900. The number of carbonyl (C=O) groups excluding carboxylic acids is 1. The molecule has 0 heterocycles. The highest BCUT2D eigenvalue weighted by atomic mass is 35.6. The second-order valence-electron chi connectivity index (χ2n) is 4.31. The van der Waals surface area contributed by atoms with Crippen LogP contribution in [0, 0.1) is 0 Å². The van der Waals surface area contributed by atoms with Crippen LogP contribution in [0.2, 0.25) is 17.1 Å². The Bertz CT molecular complexity index is 204. The molecule has 0 N–H and O–H groups in total. The highest BCUT2D eigenvalue weighted by molar-refractivity contribution is 7.21. The lowest BCUT2D eigenvalue weighted by atomic mass is 10.5. The molecule has 0 fully saturated rings. The first kappa shape index (κ1) is 13.9. The van der Waals surface area contributed by atoms with Crippen molar-refractivity contribution in [3.63, 3.8) is 0 Å². The molecule has 0 radical (unpaired) electrons. The summed E-state index contributed by atoms with van der Waals surface area (Å²) in [7, 11) is -1.67. The van der Waals surface area contributed by atoms with E-state index in [9.17, 15) is 4.79 Å². The number of hydrogen-bond acceptors (Lipinski definition) is 2. The lowest BCUT2D eigenvalue weighted by molar-refractivity contribution is 0.562. The molecule has 0 aromatic rings. The minimum Gasteiger partial charge on any atom is -0.211 e. The standard InChI is InChI=1S/C10H20ClNOSi/c1-9(2)14(11,10(3)4)7-5-6-12-8-13/h9-10H,5-7H2,1-4H3. The third kappa shape index (κ3) is 3.95. The average Bonchev–Trinajstić information content (AvgIpc) is 2.11. The van der Waals surface area contributed by atoms with Gasteiger partial charge in [0.2, 0.25) is 6.08 Å². The molecule has 0 aliphatic heterocycles. The Labute approximate surface area is 92.5 Å². The van der Waals surface area contributed by atoms with Crippen LogP contribution in [0.25, 0.3) is 0 Å². The lowest BCUT2D eigenvalue weighted by Gasteiger charge is -2.32. The smallest absolute Gasteiger partial charge is 0.211 e. The predicted octanol–water partition coefficient (Wildman–Crippen LogP) is 3.72. The molecule has 2 nitrogen and oxygen atoms in total. The molecule has 0 aliphatic rings. The average molecular weight is 234 g/mol. The van der Waals surface area contributed by atoms with Crippen molar-refractivity contribution < 1.29 is 4.79 Å². The highest BCUT2D eigenvalue weighted by Crippen LogP contribution is 2.39. The van der Waals surface area contributed by atoms with Crippen LogP contribution in [0.15, 0.2) is 4.99 Å². The maximum atomic E-state index is 9.88. The fourth-order valence-corrected chi connectivity index (χ4v) is 5.31. The highest BCUT2D eigenvalue weighted by Gasteiger charge is 2.37. The van der Waals surface area contributed by atoms with Gasteiger partial charge in [-0.1, -0.05) is 27.7 Å². The maximum Gasteiger partial charge on any atom is 0.234 e. The Morgan fingerprint density at radius 3 is 2.14 bits per heavy atom. The normalized spacial score (nSPS) is 11.9. The Balaban J connectivity index is 4.17. The Kier molecular flexibility index (Phi) is 6.33. The third-order valence-corrected chi connectivity index (χ3v) is 11.0.